The number of hydrogen-bond donors (Lipinski definition) is 0. The minimum Gasteiger partial charge on any atom is -0.491 e. The van der Waals surface area contributed by atoms with Crippen molar-refractivity contribution in [3.63, 3.8) is 0 Å². The van der Waals surface area contributed by atoms with Crippen molar-refractivity contribution in [2.45, 2.75) is 58.5 Å². The molecule has 2 amide bonds. The molecule has 0 aliphatic carbocycles. The third-order valence-corrected chi connectivity index (χ3v) is 8.36. The van der Waals surface area contributed by atoms with E-state index >= 15 is 0 Å². The maximum atomic E-state index is 13.8. The van der Waals surface area contributed by atoms with E-state index in [0.717, 1.165) is 24.2 Å². The van der Waals surface area contributed by atoms with Gasteiger partial charge in [-0.2, -0.15) is 0 Å². The molecule has 0 saturated heterocycles. The summed E-state index contributed by atoms with van der Waals surface area (Å²) >= 11 is 7.87. The number of fused-ring (bicyclic) bond motifs is 1. The Morgan fingerprint density at radius 1 is 1.14 bits per heavy atom. The Labute approximate surface area is 229 Å². The summed E-state index contributed by atoms with van der Waals surface area (Å²) in [6.07, 6.45) is 1.55. The molecular formula is C30H35ClN2O3S. The Hall–Kier alpha value is -2.83. The van der Waals surface area contributed by atoms with Gasteiger partial charge in [0.05, 0.1) is 6.04 Å². The highest BCUT2D eigenvalue weighted by Crippen LogP contribution is 2.34. The van der Waals surface area contributed by atoms with Gasteiger partial charge in [-0.1, -0.05) is 50.6 Å². The van der Waals surface area contributed by atoms with Gasteiger partial charge in [-0.15, -0.1) is 11.3 Å². The summed E-state index contributed by atoms with van der Waals surface area (Å²) in [6.45, 7) is 9.31. The van der Waals surface area contributed by atoms with Gasteiger partial charge in [0.25, 0.3) is 5.91 Å². The lowest BCUT2D eigenvalue weighted by atomic mass is 10.00. The van der Waals surface area contributed by atoms with Crippen molar-refractivity contribution in [3.8, 4) is 5.75 Å². The molecule has 7 heteroatoms. The minimum atomic E-state index is -0.202. The second-order valence-corrected chi connectivity index (χ2v) is 11.3. The van der Waals surface area contributed by atoms with E-state index in [1.807, 2.05) is 30.9 Å². The van der Waals surface area contributed by atoms with Crippen molar-refractivity contribution in [2.75, 3.05) is 19.7 Å². The molecule has 1 aliphatic heterocycles. The summed E-state index contributed by atoms with van der Waals surface area (Å²) < 4.78 is 6.21. The van der Waals surface area contributed by atoms with Crippen LogP contribution in [0.2, 0.25) is 5.02 Å². The number of nitrogens with zero attached hydrogens (tertiary/aromatic N) is 2. The van der Waals surface area contributed by atoms with Gasteiger partial charge in [-0.25, -0.2) is 0 Å². The van der Waals surface area contributed by atoms with Crippen LogP contribution in [0.15, 0.2) is 60.0 Å². The van der Waals surface area contributed by atoms with Crippen molar-refractivity contribution in [1.29, 1.82) is 0 Å². The maximum absolute atomic E-state index is 13.8. The minimum absolute atomic E-state index is 0.0133. The van der Waals surface area contributed by atoms with Crippen LogP contribution in [0.25, 0.3) is 0 Å². The zero-order valence-corrected chi connectivity index (χ0v) is 23.5. The Morgan fingerprint density at radius 2 is 1.89 bits per heavy atom. The fraction of sp³-hybridized carbons (Fsp3) is 0.400. The molecule has 4 rings (SSSR count). The molecule has 0 N–H and O–H groups in total. The molecule has 2 atom stereocenters. The third kappa shape index (κ3) is 6.36. The standard InChI is InChI=1S/C30H35ClN2O3S/c1-5-21(4)33(30(35)23-7-6-8-24(31)17-23)18-29(34)32-15-13-28-26(14-16-37-28)27(32)19-36-25-11-9-22(10-12-25)20(2)3/h6-12,14,16-17,20-21,27H,5,13,15,18-19H2,1-4H3. The molecule has 2 aromatic carbocycles. The van der Waals surface area contributed by atoms with Gasteiger partial charge in [0.1, 0.15) is 18.9 Å². The summed E-state index contributed by atoms with van der Waals surface area (Å²) in [4.78, 5) is 32.0. The Balaban J connectivity index is 1.53. The van der Waals surface area contributed by atoms with Crippen LogP contribution >= 0.6 is 22.9 Å². The largest absolute Gasteiger partial charge is 0.491 e. The third-order valence-electron chi connectivity index (χ3n) is 7.13. The van der Waals surface area contributed by atoms with Crippen LogP contribution in [-0.4, -0.2) is 47.4 Å². The van der Waals surface area contributed by atoms with Gasteiger partial charge in [0.2, 0.25) is 5.91 Å². The molecule has 3 aromatic rings. The van der Waals surface area contributed by atoms with Crippen LogP contribution in [-0.2, 0) is 11.2 Å². The number of benzene rings is 2. The van der Waals surface area contributed by atoms with E-state index in [9.17, 15) is 9.59 Å². The summed E-state index contributed by atoms with van der Waals surface area (Å²) in [7, 11) is 0. The molecule has 1 aliphatic rings. The second kappa shape index (κ2) is 12.1. The monoisotopic (exact) mass is 538 g/mol. The van der Waals surface area contributed by atoms with Crippen LogP contribution in [0, 0.1) is 0 Å². The zero-order chi connectivity index (χ0) is 26.5. The highest BCUT2D eigenvalue weighted by atomic mass is 35.5. The lowest BCUT2D eigenvalue weighted by Crippen LogP contribution is -2.49. The summed E-state index contributed by atoms with van der Waals surface area (Å²) in [6, 6.07) is 16.9. The summed E-state index contributed by atoms with van der Waals surface area (Å²) in [5.41, 5.74) is 2.89. The molecule has 0 radical (unpaired) electrons. The molecule has 2 heterocycles. The van der Waals surface area contributed by atoms with Crippen molar-refractivity contribution in [1.82, 2.24) is 9.80 Å². The van der Waals surface area contributed by atoms with E-state index in [0.29, 0.717) is 29.7 Å². The second-order valence-electron chi connectivity index (χ2n) is 9.89. The maximum Gasteiger partial charge on any atom is 0.254 e. The SMILES string of the molecule is CCC(C)N(CC(=O)N1CCc2sccc2C1COc1ccc(C(C)C)cc1)C(=O)c1cccc(Cl)c1. The molecule has 196 valence electrons. The van der Waals surface area contributed by atoms with E-state index in [-0.39, 0.29) is 30.4 Å². The summed E-state index contributed by atoms with van der Waals surface area (Å²) in [5, 5.41) is 2.58. The van der Waals surface area contributed by atoms with Gasteiger partial charge >= 0.3 is 0 Å². The fourth-order valence-electron chi connectivity index (χ4n) is 4.67. The zero-order valence-electron chi connectivity index (χ0n) is 21.9. The molecule has 5 nitrogen and oxygen atoms in total. The number of ether oxygens (including phenoxy) is 1. The van der Waals surface area contributed by atoms with Gasteiger partial charge in [0.15, 0.2) is 0 Å². The number of carbonyl (C=O) groups excluding carboxylic acids is 2. The topological polar surface area (TPSA) is 49.9 Å². The van der Waals surface area contributed by atoms with Crippen LogP contribution in [0.5, 0.6) is 5.75 Å². The Bertz CT molecular complexity index is 1220. The van der Waals surface area contributed by atoms with Crippen LogP contribution in [0.4, 0.5) is 0 Å². The smallest absolute Gasteiger partial charge is 0.254 e. The first-order valence-corrected chi connectivity index (χ1v) is 14.2. The van der Waals surface area contributed by atoms with Gasteiger partial charge in [-0.05, 0) is 78.6 Å². The number of amides is 2. The molecule has 0 bridgehead atoms. The fourth-order valence-corrected chi connectivity index (χ4v) is 5.79. The van der Waals surface area contributed by atoms with E-state index in [2.05, 4.69) is 37.4 Å². The van der Waals surface area contributed by atoms with E-state index in [4.69, 9.17) is 16.3 Å². The normalized spacial score (nSPS) is 15.8. The number of thiophene rings is 1. The first-order chi connectivity index (χ1) is 17.8. The Kier molecular flexibility index (Phi) is 8.93. The van der Waals surface area contributed by atoms with Crippen LogP contribution < -0.4 is 4.74 Å². The number of carbonyl (C=O) groups is 2. The molecule has 37 heavy (non-hydrogen) atoms. The molecular weight excluding hydrogens is 504 g/mol. The number of rotatable bonds is 9. The first kappa shape index (κ1) is 27.2. The van der Waals surface area contributed by atoms with Crippen LogP contribution in [0.1, 0.15) is 72.4 Å². The first-order valence-electron chi connectivity index (χ1n) is 12.9. The van der Waals surface area contributed by atoms with Crippen molar-refractivity contribution < 1.29 is 14.3 Å². The average Bonchev–Trinajstić information content (AvgIpc) is 3.39. The predicted octanol–water partition coefficient (Wildman–Crippen LogP) is 6.97. The van der Waals surface area contributed by atoms with E-state index < -0.39 is 0 Å². The number of hydrogen-bond acceptors (Lipinski definition) is 4. The average molecular weight is 539 g/mol. The molecule has 0 fully saturated rings. The van der Waals surface area contributed by atoms with Crippen molar-refractivity contribution in [3.05, 3.63) is 86.6 Å². The Morgan fingerprint density at radius 3 is 2.57 bits per heavy atom. The summed E-state index contributed by atoms with van der Waals surface area (Å²) in [5.74, 6) is 0.987. The van der Waals surface area contributed by atoms with Crippen LogP contribution in [0.3, 0.4) is 0 Å². The van der Waals surface area contributed by atoms with Gasteiger partial charge in [0, 0.05) is 28.0 Å². The van der Waals surface area contributed by atoms with E-state index in [1.54, 1.807) is 40.5 Å². The van der Waals surface area contributed by atoms with Gasteiger partial charge in [-0.3, -0.25) is 9.59 Å². The lowest BCUT2D eigenvalue weighted by Gasteiger charge is -2.38. The highest BCUT2D eigenvalue weighted by Gasteiger charge is 2.34. The number of halogens is 1. The lowest BCUT2D eigenvalue weighted by molar-refractivity contribution is -0.136. The molecule has 0 spiro atoms. The molecule has 0 saturated carbocycles. The van der Waals surface area contributed by atoms with E-state index in [1.165, 1.54) is 10.4 Å². The van der Waals surface area contributed by atoms with Crippen molar-refractivity contribution >= 4 is 34.8 Å². The highest BCUT2D eigenvalue weighted by molar-refractivity contribution is 7.10. The quantitative estimate of drug-likeness (QED) is 0.295. The van der Waals surface area contributed by atoms with Crippen molar-refractivity contribution in [2.24, 2.45) is 0 Å². The van der Waals surface area contributed by atoms with Gasteiger partial charge < -0.3 is 14.5 Å². The predicted molar refractivity (Wildman–Crippen MR) is 151 cm³/mol. The molecule has 1 aromatic heterocycles. The molecule has 2 unspecified atom stereocenters.